The van der Waals surface area contributed by atoms with Gasteiger partial charge in [-0.05, 0) is 37.6 Å². The fourth-order valence-electron chi connectivity index (χ4n) is 3.03. The van der Waals surface area contributed by atoms with E-state index in [9.17, 15) is 23.6 Å². The van der Waals surface area contributed by atoms with Gasteiger partial charge in [0.25, 0.3) is 11.8 Å². The second-order valence-electron chi connectivity index (χ2n) is 6.94. The summed E-state index contributed by atoms with van der Waals surface area (Å²) in [6.07, 6.45) is -1.22. The van der Waals surface area contributed by atoms with Gasteiger partial charge in [-0.15, -0.1) is 0 Å². The molecule has 0 radical (unpaired) electrons. The molecule has 1 saturated heterocycles. The van der Waals surface area contributed by atoms with Crippen LogP contribution < -0.4 is 10.6 Å². The lowest BCUT2D eigenvalue weighted by Crippen LogP contribution is -2.42. The molecule has 0 aromatic heterocycles. The number of anilines is 1. The molecule has 3 rings (SSSR count). The van der Waals surface area contributed by atoms with Crippen molar-refractivity contribution in [2.75, 3.05) is 11.9 Å². The van der Waals surface area contributed by atoms with Crippen LogP contribution in [0.3, 0.4) is 0 Å². The highest BCUT2D eigenvalue weighted by atomic mass is 19.1. The Balaban J connectivity index is 1.61. The summed E-state index contributed by atoms with van der Waals surface area (Å²) in [6.45, 7) is 2.22. The monoisotopic (exact) mass is 413 g/mol. The van der Waals surface area contributed by atoms with Gasteiger partial charge in [0.05, 0.1) is 0 Å². The van der Waals surface area contributed by atoms with Crippen LogP contribution in [0.4, 0.5) is 14.9 Å². The second-order valence-corrected chi connectivity index (χ2v) is 6.94. The van der Waals surface area contributed by atoms with Crippen LogP contribution in [0, 0.1) is 5.82 Å². The number of hydrogen-bond acceptors (Lipinski definition) is 5. The molecule has 9 heteroatoms. The Morgan fingerprint density at radius 1 is 1.17 bits per heavy atom. The molecule has 8 nitrogen and oxygen atoms in total. The maximum absolute atomic E-state index is 13.2. The van der Waals surface area contributed by atoms with E-state index in [4.69, 9.17) is 4.74 Å². The highest BCUT2D eigenvalue weighted by Crippen LogP contribution is 2.28. The Bertz CT molecular complexity index is 997. The van der Waals surface area contributed by atoms with E-state index in [2.05, 4.69) is 10.6 Å². The van der Waals surface area contributed by atoms with Crippen molar-refractivity contribution in [1.82, 2.24) is 10.2 Å². The average molecular weight is 413 g/mol. The standard InChI is InChI=1S/C21H20FN3O5/c1-13(18(27)23-16-10-6-9-15(22)11-16)30-17(26)12-25-19(28)21(2,24-20(25)29)14-7-4-3-5-8-14/h3-11,13H,12H2,1-2H3,(H,23,27)(H,24,29)/t13-,21-/m0/s1. The minimum Gasteiger partial charge on any atom is -0.451 e. The largest absolute Gasteiger partial charge is 0.451 e. The number of amides is 4. The fourth-order valence-corrected chi connectivity index (χ4v) is 3.03. The summed E-state index contributed by atoms with van der Waals surface area (Å²) in [7, 11) is 0. The van der Waals surface area contributed by atoms with Crippen LogP contribution in [-0.4, -0.2) is 41.4 Å². The maximum Gasteiger partial charge on any atom is 0.327 e. The van der Waals surface area contributed by atoms with E-state index in [1.165, 1.54) is 25.1 Å². The minimum atomic E-state index is -1.31. The van der Waals surface area contributed by atoms with Crippen molar-refractivity contribution in [1.29, 1.82) is 0 Å². The van der Waals surface area contributed by atoms with Gasteiger partial charge in [0, 0.05) is 5.69 Å². The Morgan fingerprint density at radius 3 is 2.53 bits per heavy atom. The molecule has 0 unspecified atom stereocenters. The van der Waals surface area contributed by atoms with Crippen molar-refractivity contribution in [3.8, 4) is 0 Å². The SMILES string of the molecule is C[C@H](OC(=O)CN1C(=O)N[C@@](C)(c2ccccc2)C1=O)C(=O)Nc1cccc(F)c1. The van der Waals surface area contributed by atoms with E-state index in [1.807, 2.05) is 0 Å². The number of esters is 1. The Hall–Kier alpha value is -3.75. The number of benzene rings is 2. The van der Waals surface area contributed by atoms with Gasteiger partial charge >= 0.3 is 12.0 Å². The fraction of sp³-hybridized carbons (Fsp3) is 0.238. The van der Waals surface area contributed by atoms with Gasteiger partial charge in [-0.25, -0.2) is 9.18 Å². The summed E-state index contributed by atoms with van der Waals surface area (Å²) in [5.74, 6) is -2.75. The predicted molar refractivity (Wildman–Crippen MR) is 105 cm³/mol. The zero-order valence-corrected chi connectivity index (χ0v) is 16.3. The van der Waals surface area contributed by atoms with Gasteiger partial charge in [0.1, 0.15) is 17.9 Å². The predicted octanol–water partition coefficient (Wildman–Crippen LogP) is 2.16. The molecule has 0 bridgehead atoms. The Kier molecular flexibility index (Phi) is 5.81. The van der Waals surface area contributed by atoms with E-state index in [0.29, 0.717) is 5.56 Å². The molecule has 1 fully saturated rings. The minimum absolute atomic E-state index is 0.204. The molecule has 1 aliphatic rings. The van der Waals surface area contributed by atoms with Gasteiger partial charge < -0.3 is 15.4 Å². The summed E-state index contributed by atoms with van der Waals surface area (Å²) >= 11 is 0. The van der Waals surface area contributed by atoms with Crippen LogP contribution in [0.25, 0.3) is 0 Å². The van der Waals surface area contributed by atoms with E-state index < -0.39 is 47.8 Å². The van der Waals surface area contributed by atoms with Crippen LogP contribution in [0.2, 0.25) is 0 Å². The summed E-state index contributed by atoms with van der Waals surface area (Å²) < 4.78 is 18.2. The molecular formula is C21H20FN3O5. The van der Waals surface area contributed by atoms with Crippen LogP contribution in [0.15, 0.2) is 54.6 Å². The highest BCUT2D eigenvalue weighted by molar-refractivity contribution is 6.09. The number of rotatable bonds is 6. The summed E-state index contributed by atoms with van der Waals surface area (Å²) in [5.41, 5.74) is -0.531. The van der Waals surface area contributed by atoms with Gasteiger partial charge in [0.2, 0.25) is 0 Å². The first kappa shape index (κ1) is 21.0. The number of nitrogens with one attached hydrogen (secondary N) is 2. The van der Waals surface area contributed by atoms with Gasteiger partial charge in [0.15, 0.2) is 6.10 Å². The molecule has 0 aliphatic carbocycles. The van der Waals surface area contributed by atoms with Crippen molar-refractivity contribution in [3.63, 3.8) is 0 Å². The maximum atomic E-state index is 13.2. The van der Waals surface area contributed by atoms with Crippen molar-refractivity contribution in [2.45, 2.75) is 25.5 Å². The van der Waals surface area contributed by atoms with Crippen LogP contribution in [-0.2, 0) is 24.7 Å². The molecule has 0 saturated carbocycles. The number of hydrogen-bond donors (Lipinski definition) is 2. The molecule has 30 heavy (non-hydrogen) atoms. The molecule has 2 aromatic rings. The van der Waals surface area contributed by atoms with Crippen molar-refractivity contribution >= 4 is 29.5 Å². The number of urea groups is 1. The topological polar surface area (TPSA) is 105 Å². The van der Waals surface area contributed by atoms with Gasteiger partial charge in [-0.1, -0.05) is 36.4 Å². The molecule has 1 aliphatic heterocycles. The van der Waals surface area contributed by atoms with Crippen molar-refractivity contribution in [2.24, 2.45) is 0 Å². The number of carbonyl (C=O) groups is 4. The summed E-state index contributed by atoms with van der Waals surface area (Å²) in [6, 6.07) is 13.1. The summed E-state index contributed by atoms with van der Waals surface area (Å²) in [4.78, 5) is 50.2. The third kappa shape index (κ3) is 4.29. The lowest BCUT2D eigenvalue weighted by Gasteiger charge is -2.22. The first-order valence-electron chi connectivity index (χ1n) is 9.16. The molecule has 2 aromatic carbocycles. The number of imide groups is 1. The van der Waals surface area contributed by atoms with Gasteiger partial charge in [-0.3, -0.25) is 19.3 Å². The molecule has 4 amide bonds. The smallest absolute Gasteiger partial charge is 0.327 e. The number of nitrogens with zero attached hydrogens (tertiary/aromatic N) is 1. The first-order chi connectivity index (χ1) is 14.2. The third-order valence-electron chi connectivity index (χ3n) is 4.68. The Labute approximate surface area is 172 Å². The second kappa shape index (κ2) is 8.32. The quantitative estimate of drug-likeness (QED) is 0.558. The normalized spacial score (nSPS) is 19.2. The van der Waals surface area contributed by atoms with Crippen molar-refractivity contribution in [3.05, 3.63) is 66.0 Å². The lowest BCUT2D eigenvalue weighted by atomic mass is 9.92. The molecular weight excluding hydrogens is 393 g/mol. The number of halogens is 1. The molecule has 0 spiro atoms. The number of ether oxygens (including phenoxy) is 1. The van der Waals surface area contributed by atoms with E-state index in [0.717, 1.165) is 11.0 Å². The van der Waals surface area contributed by atoms with Crippen molar-refractivity contribution < 1.29 is 28.3 Å². The van der Waals surface area contributed by atoms with E-state index in [1.54, 1.807) is 37.3 Å². The van der Waals surface area contributed by atoms with Crippen LogP contribution in [0.1, 0.15) is 19.4 Å². The van der Waals surface area contributed by atoms with Crippen LogP contribution >= 0.6 is 0 Å². The van der Waals surface area contributed by atoms with Gasteiger partial charge in [-0.2, -0.15) is 0 Å². The average Bonchev–Trinajstić information content (AvgIpc) is 2.92. The number of carbonyl (C=O) groups excluding carboxylic acids is 4. The molecule has 2 atom stereocenters. The van der Waals surface area contributed by atoms with E-state index >= 15 is 0 Å². The lowest BCUT2D eigenvalue weighted by molar-refractivity contribution is -0.155. The highest BCUT2D eigenvalue weighted by Gasteiger charge is 2.49. The molecule has 156 valence electrons. The van der Waals surface area contributed by atoms with Crippen LogP contribution in [0.5, 0.6) is 0 Å². The zero-order valence-electron chi connectivity index (χ0n) is 16.3. The summed E-state index contributed by atoms with van der Waals surface area (Å²) in [5, 5.41) is 5.00. The van der Waals surface area contributed by atoms with E-state index in [-0.39, 0.29) is 5.69 Å². The molecule has 1 heterocycles. The molecule has 2 N–H and O–H groups in total. The third-order valence-corrected chi connectivity index (χ3v) is 4.68. The first-order valence-corrected chi connectivity index (χ1v) is 9.16. The Morgan fingerprint density at radius 2 is 1.87 bits per heavy atom. The zero-order chi connectivity index (χ0) is 21.9.